The van der Waals surface area contributed by atoms with E-state index in [1.807, 2.05) is 12.1 Å². The summed E-state index contributed by atoms with van der Waals surface area (Å²) in [5.41, 5.74) is 3.35. The maximum Gasteiger partial charge on any atom is 0.278 e. The van der Waals surface area contributed by atoms with Gasteiger partial charge in [0, 0.05) is 37.8 Å². The first kappa shape index (κ1) is 30.9. The van der Waals surface area contributed by atoms with Gasteiger partial charge in [-0.1, -0.05) is 23.7 Å². The molecule has 2 aromatic heterocycles. The van der Waals surface area contributed by atoms with Crippen LogP contribution in [0.25, 0.3) is 11.0 Å². The van der Waals surface area contributed by atoms with Crippen molar-refractivity contribution in [2.75, 3.05) is 40.0 Å². The van der Waals surface area contributed by atoms with Gasteiger partial charge in [-0.3, -0.25) is 9.69 Å². The molecule has 0 spiro atoms. The Morgan fingerprint density at radius 2 is 2.00 bits per heavy atom. The number of likely N-dealkylation sites (tertiary alicyclic amines) is 1. The lowest BCUT2D eigenvalue weighted by atomic mass is 9.88. The van der Waals surface area contributed by atoms with Crippen molar-refractivity contribution in [1.29, 1.82) is 0 Å². The summed E-state index contributed by atoms with van der Waals surface area (Å²) < 4.78 is 40.4. The highest BCUT2D eigenvalue weighted by atomic mass is 35.5. The van der Waals surface area contributed by atoms with Gasteiger partial charge in [0.1, 0.15) is 17.3 Å². The minimum absolute atomic E-state index is 0.147. The number of carbonyl (C=O) groups excluding carboxylic acids is 1. The number of imidazole rings is 1. The lowest BCUT2D eigenvalue weighted by molar-refractivity contribution is -0.0712. The molecule has 3 aliphatic heterocycles. The molecule has 3 aliphatic rings. The van der Waals surface area contributed by atoms with E-state index in [1.54, 1.807) is 38.4 Å². The van der Waals surface area contributed by atoms with Gasteiger partial charge in [0.05, 0.1) is 48.6 Å². The van der Waals surface area contributed by atoms with Crippen LogP contribution >= 0.6 is 11.6 Å². The van der Waals surface area contributed by atoms with Crippen LogP contribution in [0, 0.1) is 5.82 Å². The van der Waals surface area contributed by atoms with Crippen LogP contribution in [-0.2, 0) is 28.4 Å². The van der Waals surface area contributed by atoms with E-state index in [0.29, 0.717) is 54.0 Å². The average Bonchev–Trinajstić information content (AvgIpc) is 3.55. The Labute approximate surface area is 271 Å². The Bertz CT molecular complexity index is 1760. The Balaban J connectivity index is 1.06. The molecule has 1 N–H and O–H groups in total. The van der Waals surface area contributed by atoms with Crippen molar-refractivity contribution in [2.45, 2.75) is 57.1 Å². The Morgan fingerprint density at radius 1 is 1.17 bits per heavy atom. The average molecular weight is 650 g/mol. The summed E-state index contributed by atoms with van der Waals surface area (Å²) in [5, 5.41) is 3.15. The Morgan fingerprint density at radius 3 is 2.74 bits per heavy atom. The van der Waals surface area contributed by atoms with E-state index in [9.17, 15) is 9.18 Å². The molecule has 46 heavy (non-hydrogen) atoms. The number of nitrogens with one attached hydrogen (secondary N) is 1. The first-order chi connectivity index (χ1) is 22.3. The molecule has 2 aromatic carbocycles. The van der Waals surface area contributed by atoms with Crippen molar-refractivity contribution in [3.63, 3.8) is 0 Å². The van der Waals surface area contributed by atoms with E-state index in [4.69, 9.17) is 35.5 Å². The summed E-state index contributed by atoms with van der Waals surface area (Å²) in [4.78, 5) is 24.5. The number of rotatable bonds is 10. The number of hydrogen-bond acceptors (Lipinski definition) is 8. The van der Waals surface area contributed by atoms with E-state index in [2.05, 4.69) is 25.8 Å². The van der Waals surface area contributed by atoms with Gasteiger partial charge >= 0.3 is 0 Å². The lowest BCUT2D eigenvalue weighted by Crippen LogP contribution is -2.35. The zero-order valence-electron chi connectivity index (χ0n) is 25.9. The maximum absolute atomic E-state index is 14.9. The van der Waals surface area contributed by atoms with Crippen LogP contribution in [-0.4, -0.2) is 71.4 Å². The second-order valence-electron chi connectivity index (χ2n) is 12.2. The van der Waals surface area contributed by atoms with Crippen molar-refractivity contribution < 1.29 is 28.1 Å². The first-order valence-electron chi connectivity index (χ1n) is 15.7. The molecule has 0 radical (unpaired) electrons. The third-order valence-electron chi connectivity index (χ3n) is 9.14. The van der Waals surface area contributed by atoms with Crippen molar-refractivity contribution in [2.24, 2.45) is 0 Å². The molecule has 2 fully saturated rings. The molecule has 10 nitrogen and oxygen atoms in total. The second-order valence-corrected chi connectivity index (χ2v) is 12.7. The van der Waals surface area contributed by atoms with E-state index < -0.39 is 11.6 Å². The summed E-state index contributed by atoms with van der Waals surface area (Å²) in [6, 6.07) is 12.2. The number of amides is 1. The fourth-order valence-electron chi connectivity index (χ4n) is 6.55. The van der Waals surface area contributed by atoms with E-state index in [-0.39, 0.29) is 17.9 Å². The molecular formula is C34H37ClFN5O5. The van der Waals surface area contributed by atoms with Crippen LogP contribution < -0.4 is 14.8 Å². The number of nitrogens with zero attached hydrogens (tertiary/aromatic N) is 4. The first-order valence-corrected chi connectivity index (χ1v) is 16.1. The SMILES string of the molecule is COCCNC(=O)c1cc2nc(CN3CCC(c4cccc5c4O[C@@](C)(c4ccc(Cl)cc4F)O5)CC3)n(C[C@@H]3CCO3)c2cn1. The van der Waals surface area contributed by atoms with Gasteiger partial charge < -0.3 is 28.8 Å². The minimum Gasteiger partial charge on any atom is -0.444 e. The topological polar surface area (TPSA) is 100.0 Å². The molecule has 2 atom stereocenters. The molecule has 0 aliphatic carbocycles. The molecule has 0 saturated carbocycles. The summed E-state index contributed by atoms with van der Waals surface area (Å²) in [7, 11) is 1.59. The number of benzene rings is 2. The number of hydrogen-bond donors (Lipinski definition) is 1. The molecule has 4 aromatic rings. The zero-order chi connectivity index (χ0) is 31.8. The van der Waals surface area contributed by atoms with Gasteiger partial charge in [0.15, 0.2) is 11.5 Å². The molecular weight excluding hydrogens is 613 g/mol. The number of methoxy groups -OCH3 is 1. The normalized spacial score (nSPS) is 21.4. The number of carbonyl (C=O) groups is 1. The Hall–Kier alpha value is -3.77. The van der Waals surface area contributed by atoms with Crippen LogP contribution in [0.1, 0.15) is 59.5 Å². The van der Waals surface area contributed by atoms with Crippen LogP contribution in [0.3, 0.4) is 0 Å². The highest BCUT2D eigenvalue weighted by Crippen LogP contribution is 2.49. The molecule has 0 unspecified atom stereocenters. The number of fused-ring (bicyclic) bond motifs is 2. The summed E-state index contributed by atoms with van der Waals surface area (Å²) in [6.45, 7) is 6.46. The minimum atomic E-state index is -1.28. The Kier molecular flexibility index (Phi) is 8.58. The van der Waals surface area contributed by atoms with Crippen LogP contribution in [0.4, 0.5) is 4.39 Å². The maximum atomic E-state index is 14.9. The lowest BCUT2D eigenvalue weighted by Gasteiger charge is -2.33. The number of pyridine rings is 1. The number of ether oxygens (including phenoxy) is 4. The quantitative estimate of drug-likeness (QED) is 0.228. The third kappa shape index (κ3) is 6.04. The van der Waals surface area contributed by atoms with Gasteiger partial charge in [-0.05, 0) is 68.6 Å². The number of halogens is 2. The van der Waals surface area contributed by atoms with Gasteiger partial charge in [0.25, 0.3) is 11.7 Å². The summed E-state index contributed by atoms with van der Waals surface area (Å²) in [5.74, 6) is 0.484. The molecule has 0 bridgehead atoms. The van der Waals surface area contributed by atoms with Crippen LogP contribution in [0.2, 0.25) is 5.02 Å². The van der Waals surface area contributed by atoms with E-state index in [0.717, 1.165) is 61.4 Å². The zero-order valence-corrected chi connectivity index (χ0v) is 26.7. The molecule has 2 saturated heterocycles. The standard InChI is InChI=1S/C34H37ClFN5O5/c1-34(25-7-6-22(35)16-26(25)36)45-30-5-3-4-24(32(30)46-34)21-8-12-40(13-9-21)20-31-39-27-17-28(33(42)37-11-15-43-2)38-18-29(27)41(31)19-23-10-14-44-23/h3-7,16-18,21,23H,8-15,19-20H2,1-2H3,(H,37,42)/t23-,34-/m0/s1. The predicted molar refractivity (Wildman–Crippen MR) is 170 cm³/mol. The highest BCUT2D eigenvalue weighted by molar-refractivity contribution is 6.30. The smallest absolute Gasteiger partial charge is 0.278 e. The van der Waals surface area contributed by atoms with Crippen LogP contribution in [0.15, 0.2) is 48.7 Å². The number of piperidine rings is 1. The second kappa shape index (κ2) is 12.8. The van der Waals surface area contributed by atoms with Gasteiger partial charge in [-0.25, -0.2) is 14.4 Å². The largest absolute Gasteiger partial charge is 0.444 e. The van der Waals surface area contributed by atoms with Gasteiger partial charge in [0.2, 0.25) is 0 Å². The van der Waals surface area contributed by atoms with Gasteiger partial charge in [-0.2, -0.15) is 0 Å². The van der Waals surface area contributed by atoms with Crippen molar-refractivity contribution in [3.05, 3.63) is 82.1 Å². The van der Waals surface area contributed by atoms with Crippen molar-refractivity contribution in [3.8, 4) is 11.5 Å². The van der Waals surface area contributed by atoms with Gasteiger partial charge in [-0.15, -0.1) is 0 Å². The molecule has 12 heteroatoms. The van der Waals surface area contributed by atoms with Crippen LogP contribution in [0.5, 0.6) is 11.5 Å². The fraction of sp³-hybridized carbons (Fsp3) is 0.441. The summed E-state index contributed by atoms with van der Waals surface area (Å²) >= 11 is 5.99. The van der Waals surface area contributed by atoms with E-state index >= 15 is 0 Å². The summed E-state index contributed by atoms with van der Waals surface area (Å²) in [6.07, 6.45) is 4.74. The number of aromatic nitrogens is 3. The third-order valence-corrected chi connectivity index (χ3v) is 9.38. The highest BCUT2D eigenvalue weighted by Gasteiger charge is 2.43. The molecule has 242 valence electrons. The van der Waals surface area contributed by atoms with Crippen molar-refractivity contribution >= 4 is 28.5 Å². The monoisotopic (exact) mass is 649 g/mol. The molecule has 7 rings (SSSR count). The number of para-hydroxylation sites is 1. The van der Waals surface area contributed by atoms with Crippen molar-refractivity contribution in [1.82, 2.24) is 24.8 Å². The predicted octanol–water partition coefficient (Wildman–Crippen LogP) is 5.41. The molecule has 5 heterocycles. The molecule has 1 amide bonds. The fourth-order valence-corrected chi connectivity index (χ4v) is 6.71. The van der Waals surface area contributed by atoms with E-state index in [1.165, 1.54) is 6.07 Å².